The van der Waals surface area contributed by atoms with Crippen molar-refractivity contribution in [3.63, 3.8) is 0 Å². The number of sulfonamides is 1. The van der Waals surface area contributed by atoms with E-state index in [1.807, 2.05) is 0 Å². The molecular weight excluding hydrogens is 442 g/mol. The SMILES string of the molecule is CC(=O)NCc1ccc(S(=O)(=O)Nc2ccc(C(=O)N[C@@H]3CCS(=O)(=O)C3)cc2)cc1. The first-order chi connectivity index (χ1) is 14.5. The Bertz CT molecular complexity index is 1170. The zero-order valence-electron chi connectivity index (χ0n) is 16.8. The monoisotopic (exact) mass is 465 g/mol. The molecule has 2 amide bonds. The lowest BCUT2D eigenvalue weighted by molar-refractivity contribution is -0.119. The summed E-state index contributed by atoms with van der Waals surface area (Å²) in [7, 11) is -6.93. The predicted molar refractivity (Wildman–Crippen MR) is 116 cm³/mol. The van der Waals surface area contributed by atoms with E-state index in [1.54, 1.807) is 12.1 Å². The summed E-state index contributed by atoms with van der Waals surface area (Å²) in [6.45, 7) is 1.70. The van der Waals surface area contributed by atoms with Crippen LogP contribution < -0.4 is 15.4 Å². The van der Waals surface area contributed by atoms with Gasteiger partial charge in [-0.25, -0.2) is 16.8 Å². The summed E-state index contributed by atoms with van der Waals surface area (Å²) in [4.78, 5) is 23.3. The number of carbonyl (C=O) groups is 2. The number of nitrogens with one attached hydrogen (secondary N) is 3. The van der Waals surface area contributed by atoms with Crippen LogP contribution in [0.25, 0.3) is 0 Å². The van der Waals surface area contributed by atoms with E-state index in [0.717, 1.165) is 5.56 Å². The minimum absolute atomic E-state index is 0.0586. The fraction of sp³-hybridized carbons (Fsp3) is 0.300. The predicted octanol–water partition coefficient (Wildman–Crippen LogP) is 1.04. The summed E-state index contributed by atoms with van der Waals surface area (Å²) in [6.07, 6.45) is 0.384. The molecule has 166 valence electrons. The Morgan fingerprint density at radius 1 is 1.03 bits per heavy atom. The molecule has 0 aromatic heterocycles. The van der Waals surface area contributed by atoms with Gasteiger partial charge in [0.2, 0.25) is 5.91 Å². The van der Waals surface area contributed by atoms with Crippen molar-refractivity contribution in [2.45, 2.75) is 30.8 Å². The van der Waals surface area contributed by atoms with Crippen molar-refractivity contribution in [1.29, 1.82) is 0 Å². The topological polar surface area (TPSA) is 139 Å². The van der Waals surface area contributed by atoms with Crippen LogP contribution in [0.1, 0.15) is 29.3 Å². The van der Waals surface area contributed by atoms with E-state index >= 15 is 0 Å². The molecule has 1 heterocycles. The second-order valence-electron chi connectivity index (χ2n) is 7.31. The summed E-state index contributed by atoms with van der Waals surface area (Å²) < 4.78 is 50.6. The number of amides is 2. The lowest BCUT2D eigenvalue weighted by Crippen LogP contribution is -2.35. The Labute approximate surface area is 181 Å². The van der Waals surface area contributed by atoms with Crippen molar-refractivity contribution >= 4 is 37.4 Å². The maximum Gasteiger partial charge on any atom is 0.261 e. The summed E-state index contributed by atoms with van der Waals surface area (Å²) in [5.74, 6) is -0.595. The second-order valence-corrected chi connectivity index (χ2v) is 11.2. The van der Waals surface area contributed by atoms with Gasteiger partial charge in [-0.3, -0.25) is 14.3 Å². The van der Waals surface area contributed by atoms with Crippen LogP contribution in [0.5, 0.6) is 0 Å². The van der Waals surface area contributed by atoms with Crippen molar-refractivity contribution < 1.29 is 26.4 Å². The van der Waals surface area contributed by atoms with Gasteiger partial charge in [0, 0.05) is 30.8 Å². The molecule has 0 saturated carbocycles. The highest BCUT2D eigenvalue weighted by atomic mass is 32.2. The van der Waals surface area contributed by atoms with Gasteiger partial charge in [0.15, 0.2) is 9.84 Å². The molecule has 3 rings (SSSR count). The van der Waals surface area contributed by atoms with Gasteiger partial charge < -0.3 is 10.6 Å². The standard InChI is InChI=1S/C20H23N3O6S2/c1-14(24)21-12-15-2-8-19(9-3-15)31(28,29)23-17-6-4-16(5-7-17)20(25)22-18-10-11-30(26,27)13-18/h2-9,18,23H,10-13H2,1H3,(H,21,24)(H,22,25)/t18-/m1/s1. The molecular formula is C20H23N3O6S2. The molecule has 0 aliphatic carbocycles. The van der Waals surface area contributed by atoms with Crippen LogP contribution in [-0.4, -0.2) is 46.2 Å². The summed E-state index contributed by atoms with van der Waals surface area (Å²) in [5, 5.41) is 5.32. The van der Waals surface area contributed by atoms with Gasteiger partial charge >= 0.3 is 0 Å². The highest BCUT2D eigenvalue weighted by Crippen LogP contribution is 2.18. The number of hydrogen-bond donors (Lipinski definition) is 3. The van der Waals surface area contributed by atoms with E-state index in [-0.39, 0.29) is 28.0 Å². The molecule has 31 heavy (non-hydrogen) atoms. The van der Waals surface area contributed by atoms with Crippen molar-refractivity contribution in [2.75, 3.05) is 16.2 Å². The average Bonchev–Trinajstić information content (AvgIpc) is 3.05. The largest absolute Gasteiger partial charge is 0.352 e. The fourth-order valence-corrected chi connectivity index (χ4v) is 5.83. The van der Waals surface area contributed by atoms with Gasteiger partial charge in [-0.1, -0.05) is 12.1 Å². The maximum atomic E-state index is 12.6. The van der Waals surface area contributed by atoms with Crippen molar-refractivity contribution in [1.82, 2.24) is 10.6 Å². The summed E-state index contributed by atoms with van der Waals surface area (Å²) in [5.41, 5.74) is 1.34. The molecule has 0 spiro atoms. The number of carbonyl (C=O) groups excluding carboxylic acids is 2. The number of hydrogen-bond acceptors (Lipinski definition) is 6. The Kier molecular flexibility index (Phi) is 6.65. The third kappa shape index (κ3) is 6.28. The lowest BCUT2D eigenvalue weighted by Gasteiger charge is -2.12. The molecule has 2 aromatic rings. The Hall–Kier alpha value is -2.92. The molecule has 1 aliphatic heterocycles. The van der Waals surface area contributed by atoms with Crippen molar-refractivity contribution in [3.8, 4) is 0 Å². The van der Waals surface area contributed by atoms with Gasteiger partial charge in [-0.2, -0.15) is 0 Å². The fourth-order valence-electron chi connectivity index (χ4n) is 3.09. The maximum absolute atomic E-state index is 12.6. The molecule has 1 aliphatic rings. The molecule has 0 radical (unpaired) electrons. The number of benzene rings is 2. The van der Waals surface area contributed by atoms with Crippen LogP contribution in [0, 0.1) is 0 Å². The van der Waals surface area contributed by atoms with E-state index in [1.165, 1.54) is 43.3 Å². The van der Waals surface area contributed by atoms with Crippen LogP contribution in [0.4, 0.5) is 5.69 Å². The van der Waals surface area contributed by atoms with E-state index < -0.39 is 31.8 Å². The molecule has 1 atom stereocenters. The second kappa shape index (κ2) is 9.06. The van der Waals surface area contributed by atoms with Crippen LogP contribution in [-0.2, 0) is 31.2 Å². The van der Waals surface area contributed by atoms with Gasteiger partial charge in [-0.15, -0.1) is 0 Å². The van der Waals surface area contributed by atoms with Gasteiger partial charge in [0.1, 0.15) is 0 Å². The van der Waals surface area contributed by atoms with E-state index in [0.29, 0.717) is 18.5 Å². The molecule has 0 unspecified atom stereocenters. The first-order valence-corrected chi connectivity index (χ1v) is 12.8. The molecule has 9 nitrogen and oxygen atoms in total. The third-order valence-electron chi connectivity index (χ3n) is 4.74. The Morgan fingerprint density at radius 2 is 1.68 bits per heavy atom. The van der Waals surface area contributed by atoms with Crippen LogP contribution in [0.3, 0.4) is 0 Å². The smallest absolute Gasteiger partial charge is 0.261 e. The van der Waals surface area contributed by atoms with Gasteiger partial charge in [0.25, 0.3) is 15.9 Å². The van der Waals surface area contributed by atoms with Crippen LogP contribution in [0.15, 0.2) is 53.4 Å². The molecule has 3 N–H and O–H groups in total. The normalized spacial score (nSPS) is 17.6. The number of sulfone groups is 1. The average molecular weight is 466 g/mol. The quantitative estimate of drug-likeness (QED) is 0.558. The molecule has 0 bridgehead atoms. The molecule has 1 saturated heterocycles. The van der Waals surface area contributed by atoms with Crippen LogP contribution >= 0.6 is 0 Å². The van der Waals surface area contributed by atoms with E-state index in [2.05, 4.69) is 15.4 Å². The zero-order chi connectivity index (χ0) is 22.6. The van der Waals surface area contributed by atoms with Crippen molar-refractivity contribution in [3.05, 3.63) is 59.7 Å². The first-order valence-electron chi connectivity index (χ1n) is 9.52. The highest BCUT2D eigenvalue weighted by molar-refractivity contribution is 7.92. The Balaban J connectivity index is 1.62. The third-order valence-corrected chi connectivity index (χ3v) is 7.91. The van der Waals surface area contributed by atoms with E-state index in [9.17, 15) is 26.4 Å². The highest BCUT2D eigenvalue weighted by Gasteiger charge is 2.29. The Morgan fingerprint density at radius 3 is 2.23 bits per heavy atom. The van der Waals surface area contributed by atoms with Gasteiger partial charge in [0.05, 0.1) is 16.4 Å². The van der Waals surface area contributed by atoms with Gasteiger partial charge in [-0.05, 0) is 48.4 Å². The minimum atomic E-state index is -3.83. The van der Waals surface area contributed by atoms with E-state index in [4.69, 9.17) is 0 Å². The number of rotatable bonds is 7. The summed E-state index contributed by atoms with van der Waals surface area (Å²) in [6, 6.07) is 11.5. The number of anilines is 1. The lowest BCUT2D eigenvalue weighted by atomic mass is 10.1. The zero-order valence-corrected chi connectivity index (χ0v) is 18.4. The van der Waals surface area contributed by atoms with Crippen LogP contribution in [0.2, 0.25) is 0 Å². The molecule has 11 heteroatoms. The first kappa shape index (κ1) is 22.8. The molecule has 1 fully saturated rings. The van der Waals surface area contributed by atoms with Crippen molar-refractivity contribution in [2.24, 2.45) is 0 Å². The minimum Gasteiger partial charge on any atom is -0.352 e. The summed E-state index contributed by atoms with van der Waals surface area (Å²) >= 11 is 0. The molecule has 2 aromatic carbocycles.